The van der Waals surface area contributed by atoms with Crippen LogP contribution in [-0.2, 0) is 10.0 Å². The summed E-state index contributed by atoms with van der Waals surface area (Å²) < 4.78 is 27.2. The van der Waals surface area contributed by atoms with Gasteiger partial charge in [0.15, 0.2) is 0 Å². The summed E-state index contributed by atoms with van der Waals surface area (Å²) in [5, 5.41) is 0. The molecule has 20 heavy (non-hydrogen) atoms. The smallest absolute Gasteiger partial charge is 0.240 e. The molecule has 2 rings (SSSR count). The van der Waals surface area contributed by atoms with E-state index in [1.54, 1.807) is 18.2 Å². The van der Waals surface area contributed by atoms with Gasteiger partial charge in [0.2, 0.25) is 10.0 Å². The zero-order chi connectivity index (χ0) is 14.6. The fourth-order valence-corrected chi connectivity index (χ4v) is 3.51. The van der Waals surface area contributed by atoms with E-state index in [-0.39, 0.29) is 6.04 Å². The summed E-state index contributed by atoms with van der Waals surface area (Å²) in [7, 11) is -3.41. The van der Waals surface area contributed by atoms with E-state index < -0.39 is 10.0 Å². The van der Waals surface area contributed by atoms with Gasteiger partial charge in [-0.3, -0.25) is 0 Å². The van der Waals surface area contributed by atoms with Crippen LogP contribution >= 0.6 is 0 Å². The molecular formula is C15H24N2O2S. The van der Waals surface area contributed by atoms with E-state index in [1.807, 2.05) is 13.0 Å². The second kappa shape index (κ2) is 6.70. The maximum absolute atomic E-state index is 12.2. The van der Waals surface area contributed by atoms with Gasteiger partial charge in [-0.25, -0.2) is 13.1 Å². The topological polar surface area (TPSA) is 72.2 Å². The summed E-state index contributed by atoms with van der Waals surface area (Å²) in [5.41, 5.74) is 6.83. The van der Waals surface area contributed by atoms with Crippen molar-refractivity contribution in [3.63, 3.8) is 0 Å². The zero-order valence-electron chi connectivity index (χ0n) is 12.0. The summed E-state index contributed by atoms with van der Waals surface area (Å²) in [4.78, 5) is 0.313. The van der Waals surface area contributed by atoms with Gasteiger partial charge in [0.1, 0.15) is 0 Å². The third-order valence-corrected chi connectivity index (χ3v) is 5.56. The Morgan fingerprint density at radius 1 is 1.40 bits per heavy atom. The lowest BCUT2D eigenvalue weighted by Crippen LogP contribution is -2.27. The Hall–Kier alpha value is -0.910. The van der Waals surface area contributed by atoms with Crippen LogP contribution in [0.1, 0.15) is 50.6 Å². The number of hydrogen-bond donors (Lipinski definition) is 2. The van der Waals surface area contributed by atoms with E-state index in [1.165, 1.54) is 19.3 Å². The lowest BCUT2D eigenvalue weighted by atomic mass is 9.83. The molecule has 0 radical (unpaired) electrons. The molecule has 0 spiro atoms. The van der Waals surface area contributed by atoms with Crippen LogP contribution in [0.25, 0.3) is 0 Å². The molecule has 0 saturated heterocycles. The molecule has 112 valence electrons. The van der Waals surface area contributed by atoms with Crippen molar-refractivity contribution in [1.82, 2.24) is 4.72 Å². The van der Waals surface area contributed by atoms with Gasteiger partial charge in [-0.1, -0.05) is 38.3 Å². The van der Waals surface area contributed by atoms with Gasteiger partial charge < -0.3 is 5.73 Å². The summed E-state index contributed by atoms with van der Waals surface area (Å²) in [6.07, 6.45) is 5.49. The fraction of sp³-hybridized carbons (Fsp3) is 0.600. The number of hydrogen-bond acceptors (Lipinski definition) is 3. The second-order valence-corrected chi connectivity index (χ2v) is 7.34. The van der Waals surface area contributed by atoms with Crippen molar-refractivity contribution in [2.24, 2.45) is 11.7 Å². The van der Waals surface area contributed by atoms with Gasteiger partial charge in [-0.15, -0.1) is 0 Å². The largest absolute Gasteiger partial charge is 0.324 e. The molecule has 0 aliphatic heterocycles. The summed E-state index contributed by atoms with van der Waals surface area (Å²) in [6, 6.07) is 6.82. The molecule has 4 nitrogen and oxygen atoms in total. The van der Waals surface area contributed by atoms with Crippen molar-refractivity contribution in [2.75, 3.05) is 6.54 Å². The molecule has 1 fully saturated rings. The zero-order valence-corrected chi connectivity index (χ0v) is 12.8. The van der Waals surface area contributed by atoms with Crippen LogP contribution in [0.2, 0.25) is 0 Å². The average molecular weight is 296 g/mol. The number of nitrogens with one attached hydrogen (secondary N) is 1. The minimum absolute atomic E-state index is 0.111. The van der Waals surface area contributed by atoms with Gasteiger partial charge >= 0.3 is 0 Å². The van der Waals surface area contributed by atoms with Crippen molar-refractivity contribution in [3.8, 4) is 0 Å². The second-order valence-electron chi connectivity index (χ2n) is 5.57. The number of nitrogens with two attached hydrogens (primary N) is 1. The molecule has 1 aliphatic carbocycles. The van der Waals surface area contributed by atoms with Crippen LogP contribution in [0.3, 0.4) is 0 Å². The van der Waals surface area contributed by atoms with Gasteiger partial charge in [-0.2, -0.15) is 0 Å². The van der Waals surface area contributed by atoms with Crippen LogP contribution in [0.4, 0.5) is 0 Å². The van der Waals surface area contributed by atoms with Crippen LogP contribution in [0, 0.1) is 5.92 Å². The quantitative estimate of drug-likeness (QED) is 0.812. The minimum Gasteiger partial charge on any atom is -0.324 e. The molecule has 5 heteroatoms. The molecular weight excluding hydrogens is 272 g/mol. The van der Waals surface area contributed by atoms with Crippen molar-refractivity contribution in [2.45, 2.75) is 50.0 Å². The highest BCUT2D eigenvalue weighted by molar-refractivity contribution is 7.89. The van der Waals surface area contributed by atoms with E-state index in [9.17, 15) is 8.42 Å². The van der Waals surface area contributed by atoms with E-state index in [4.69, 9.17) is 5.73 Å². The molecule has 0 aromatic heterocycles. The van der Waals surface area contributed by atoms with Crippen LogP contribution in [0.15, 0.2) is 29.2 Å². The molecule has 1 saturated carbocycles. The van der Waals surface area contributed by atoms with Gasteiger partial charge in [0.05, 0.1) is 4.90 Å². The Morgan fingerprint density at radius 2 is 2.15 bits per heavy atom. The summed E-state index contributed by atoms with van der Waals surface area (Å²) in [5.74, 6) is 0.706. The maximum Gasteiger partial charge on any atom is 0.240 e. The van der Waals surface area contributed by atoms with Gasteiger partial charge in [0.25, 0.3) is 0 Å². The fourth-order valence-electron chi connectivity index (χ4n) is 2.41. The molecule has 1 unspecified atom stereocenters. The van der Waals surface area contributed by atoms with Crippen LogP contribution < -0.4 is 10.5 Å². The molecule has 1 aliphatic rings. The Morgan fingerprint density at radius 3 is 2.75 bits per heavy atom. The van der Waals surface area contributed by atoms with Gasteiger partial charge in [0, 0.05) is 12.6 Å². The number of sulfonamides is 1. The molecule has 1 atom stereocenters. The molecule has 3 N–H and O–H groups in total. The third-order valence-electron chi connectivity index (χ3n) is 4.11. The Kier molecular flexibility index (Phi) is 5.18. The lowest BCUT2D eigenvalue weighted by molar-refractivity contribution is 0.297. The molecule has 1 aromatic rings. The molecule has 0 bridgehead atoms. The highest BCUT2D eigenvalue weighted by atomic mass is 32.2. The third kappa shape index (κ3) is 3.81. The number of rotatable bonds is 7. The maximum atomic E-state index is 12.2. The first-order valence-electron chi connectivity index (χ1n) is 7.38. The van der Waals surface area contributed by atoms with E-state index in [0.29, 0.717) is 17.4 Å². The SMILES string of the molecule is CCC(N)c1cccc(S(=O)(=O)NCCC2CCC2)c1. The monoisotopic (exact) mass is 296 g/mol. The normalized spacial score (nSPS) is 17.7. The summed E-state index contributed by atoms with van der Waals surface area (Å²) in [6.45, 7) is 2.51. The minimum atomic E-state index is -3.41. The van der Waals surface area contributed by atoms with E-state index in [0.717, 1.165) is 18.4 Å². The van der Waals surface area contributed by atoms with E-state index >= 15 is 0 Å². The van der Waals surface area contributed by atoms with Crippen molar-refractivity contribution in [1.29, 1.82) is 0 Å². The lowest BCUT2D eigenvalue weighted by Gasteiger charge is -2.25. The number of benzene rings is 1. The van der Waals surface area contributed by atoms with E-state index in [2.05, 4.69) is 4.72 Å². The van der Waals surface area contributed by atoms with Crippen molar-refractivity contribution < 1.29 is 8.42 Å². The molecule has 0 heterocycles. The Labute approximate surface area is 121 Å². The Balaban J connectivity index is 2.00. The van der Waals surface area contributed by atoms with Crippen LogP contribution in [-0.4, -0.2) is 15.0 Å². The summed E-state index contributed by atoms with van der Waals surface area (Å²) >= 11 is 0. The standard InChI is InChI=1S/C15H24N2O2S/c1-2-15(16)13-7-4-8-14(11-13)20(18,19)17-10-9-12-5-3-6-12/h4,7-8,11-12,15,17H,2-3,5-6,9-10,16H2,1H3. The highest BCUT2D eigenvalue weighted by Crippen LogP contribution is 2.29. The average Bonchev–Trinajstić information content (AvgIpc) is 2.41. The predicted molar refractivity (Wildman–Crippen MR) is 80.8 cm³/mol. The predicted octanol–water partition coefficient (Wildman–Crippen LogP) is 2.56. The van der Waals surface area contributed by atoms with Crippen LogP contribution in [0.5, 0.6) is 0 Å². The first kappa shape index (κ1) is 15.5. The van der Waals surface area contributed by atoms with Crippen molar-refractivity contribution >= 4 is 10.0 Å². The molecule has 1 aromatic carbocycles. The first-order valence-corrected chi connectivity index (χ1v) is 8.86. The van der Waals surface area contributed by atoms with Crippen molar-refractivity contribution in [3.05, 3.63) is 29.8 Å². The molecule has 0 amide bonds. The highest BCUT2D eigenvalue weighted by Gasteiger charge is 2.19. The van der Waals surface area contributed by atoms with Gasteiger partial charge in [-0.05, 0) is 36.5 Å². The first-order chi connectivity index (χ1) is 9.53. The Bertz CT molecular complexity index is 539.